The van der Waals surface area contributed by atoms with Gasteiger partial charge in [-0.3, -0.25) is 0 Å². The molecule has 0 aliphatic heterocycles. The fourth-order valence-electron chi connectivity index (χ4n) is 5.37. The Morgan fingerprint density at radius 3 is 2.09 bits per heavy atom. The van der Waals surface area contributed by atoms with Crippen LogP contribution in [0, 0.1) is 23.3 Å². The molecule has 0 radical (unpaired) electrons. The van der Waals surface area contributed by atoms with Gasteiger partial charge in [0, 0.05) is 13.0 Å². The highest BCUT2D eigenvalue weighted by molar-refractivity contribution is 6.90. The summed E-state index contributed by atoms with van der Waals surface area (Å²) in [4.78, 5) is 0. The van der Waals surface area contributed by atoms with Crippen molar-refractivity contribution in [3.8, 4) is 11.5 Å². The minimum atomic E-state index is -1.66. The van der Waals surface area contributed by atoms with Crippen LogP contribution >= 0.6 is 0 Å². The van der Waals surface area contributed by atoms with Crippen LogP contribution in [0.3, 0.4) is 0 Å². The van der Waals surface area contributed by atoms with Gasteiger partial charge in [-0.05, 0) is 53.8 Å². The lowest BCUT2D eigenvalue weighted by Gasteiger charge is -2.38. The topological polar surface area (TPSA) is 29.5 Å². The van der Waals surface area contributed by atoms with Crippen molar-refractivity contribution in [1.29, 1.82) is 0 Å². The molecule has 0 saturated carbocycles. The van der Waals surface area contributed by atoms with E-state index in [1.165, 1.54) is 11.1 Å². The van der Waals surface area contributed by atoms with Gasteiger partial charge in [-0.2, -0.15) is 0 Å². The molecule has 0 aliphatic rings. The Morgan fingerprint density at radius 2 is 1.56 bits per heavy atom. The van der Waals surface area contributed by atoms with Crippen LogP contribution in [0.5, 0.6) is 0 Å². The normalized spacial score (nSPS) is 14.6. The first kappa shape index (κ1) is 28.7. The lowest BCUT2D eigenvalue weighted by molar-refractivity contribution is 0.103. The minimum Gasteiger partial charge on any atom is -0.392 e. The third-order valence-electron chi connectivity index (χ3n) is 7.27. The maximum Gasteiger partial charge on any atom is 0.145 e. The SMILES string of the molecule is C/C(=C\CO)[C@H](CCC#C[Si](C(C)C)(C(C)C)C(C)C)[C@H](C)CCOCc1ccccc1. The minimum absolute atomic E-state index is 0.106. The fourth-order valence-corrected chi connectivity index (χ4v) is 10.7. The highest BCUT2D eigenvalue weighted by Gasteiger charge is 2.41. The van der Waals surface area contributed by atoms with Crippen molar-refractivity contribution in [2.24, 2.45) is 11.8 Å². The summed E-state index contributed by atoms with van der Waals surface area (Å²) in [6.45, 7) is 20.2. The third kappa shape index (κ3) is 8.54. The van der Waals surface area contributed by atoms with Gasteiger partial charge in [0.2, 0.25) is 0 Å². The quantitative estimate of drug-likeness (QED) is 0.142. The van der Waals surface area contributed by atoms with E-state index >= 15 is 0 Å². The second-order valence-electron chi connectivity index (χ2n) is 10.3. The summed E-state index contributed by atoms with van der Waals surface area (Å²) >= 11 is 0. The van der Waals surface area contributed by atoms with Crippen LogP contribution in [0.15, 0.2) is 42.0 Å². The number of aliphatic hydroxyl groups excluding tert-OH is 1. The molecule has 0 aliphatic carbocycles. The molecule has 0 heterocycles. The van der Waals surface area contributed by atoms with E-state index in [2.05, 4.69) is 91.1 Å². The van der Waals surface area contributed by atoms with Gasteiger partial charge >= 0.3 is 0 Å². The maximum atomic E-state index is 9.45. The Kier molecular flexibility index (Phi) is 13.2. The van der Waals surface area contributed by atoms with Crippen molar-refractivity contribution in [2.75, 3.05) is 13.2 Å². The van der Waals surface area contributed by atoms with E-state index in [1.54, 1.807) is 0 Å². The van der Waals surface area contributed by atoms with E-state index in [4.69, 9.17) is 4.74 Å². The maximum absolute atomic E-state index is 9.45. The van der Waals surface area contributed by atoms with Gasteiger partial charge in [-0.15, -0.1) is 11.5 Å². The van der Waals surface area contributed by atoms with Gasteiger partial charge in [-0.1, -0.05) is 90.4 Å². The predicted molar refractivity (Wildman–Crippen MR) is 142 cm³/mol. The van der Waals surface area contributed by atoms with E-state index in [0.29, 0.717) is 35.1 Å². The van der Waals surface area contributed by atoms with Crippen LogP contribution in [-0.4, -0.2) is 26.4 Å². The predicted octanol–water partition coefficient (Wildman–Crippen LogP) is 7.79. The zero-order valence-electron chi connectivity index (χ0n) is 21.9. The van der Waals surface area contributed by atoms with Crippen molar-refractivity contribution >= 4 is 8.07 Å². The van der Waals surface area contributed by atoms with Crippen molar-refractivity contribution in [3.05, 3.63) is 47.5 Å². The summed E-state index contributed by atoms with van der Waals surface area (Å²) in [5, 5.41) is 9.45. The van der Waals surface area contributed by atoms with Crippen molar-refractivity contribution in [1.82, 2.24) is 0 Å². The van der Waals surface area contributed by atoms with Gasteiger partial charge in [0.1, 0.15) is 8.07 Å². The summed E-state index contributed by atoms with van der Waals surface area (Å²) in [7, 11) is -1.66. The van der Waals surface area contributed by atoms with Crippen LogP contribution in [0.2, 0.25) is 16.6 Å². The molecule has 2 nitrogen and oxygen atoms in total. The zero-order valence-corrected chi connectivity index (χ0v) is 22.9. The zero-order chi connectivity index (χ0) is 24.1. The Hall–Kier alpha value is -1.34. The van der Waals surface area contributed by atoms with Crippen LogP contribution in [0.4, 0.5) is 0 Å². The number of benzene rings is 1. The van der Waals surface area contributed by atoms with Gasteiger partial charge in [-0.25, -0.2) is 0 Å². The van der Waals surface area contributed by atoms with Crippen LogP contribution in [0.25, 0.3) is 0 Å². The average Bonchev–Trinajstić information content (AvgIpc) is 2.73. The number of ether oxygens (including phenoxy) is 1. The molecule has 0 saturated heterocycles. The molecule has 2 atom stereocenters. The number of hydrogen-bond acceptors (Lipinski definition) is 2. The van der Waals surface area contributed by atoms with Gasteiger partial charge in [0.15, 0.2) is 0 Å². The first-order valence-electron chi connectivity index (χ1n) is 12.6. The molecular formula is C29H48O2Si. The first-order chi connectivity index (χ1) is 15.2. The largest absolute Gasteiger partial charge is 0.392 e. The van der Waals surface area contributed by atoms with Crippen LogP contribution in [-0.2, 0) is 11.3 Å². The van der Waals surface area contributed by atoms with E-state index in [1.807, 2.05) is 12.1 Å². The lowest BCUT2D eigenvalue weighted by atomic mass is 9.82. The Labute approximate surface area is 199 Å². The Bertz CT molecular complexity index is 703. The summed E-state index contributed by atoms with van der Waals surface area (Å²) in [6, 6.07) is 10.3. The molecule has 0 aromatic heterocycles. The van der Waals surface area contributed by atoms with Gasteiger partial charge in [0.05, 0.1) is 13.2 Å². The monoisotopic (exact) mass is 456 g/mol. The Morgan fingerprint density at radius 1 is 0.969 bits per heavy atom. The molecular weight excluding hydrogens is 408 g/mol. The molecule has 1 aromatic rings. The van der Waals surface area contributed by atoms with Crippen molar-refractivity contribution < 1.29 is 9.84 Å². The summed E-state index contributed by atoms with van der Waals surface area (Å²) in [5.74, 6) is 4.57. The number of allylic oxidation sites excluding steroid dienone is 1. The van der Waals surface area contributed by atoms with Crippen LogP contribution < -0.4 is 0 Å². The van der Waals surface area contributed by atoms with E-state index in [9.17, 15) is 5.11 Å². The van der Waals surface area contributed by atoms with Gasteiger partial charge < -0.3 is 9.84 Å². The number of hydrogen-bond donors (Lipinski definition) is 1. The molecule has 0 unspecified atom stereocenters. The standard InChI is InChI=1S/C29H48O2Si/c1-23(2)32(24(3)4,25(5)6)21-13-12-16-29(26(7)17-19-30)27(8)18-20-31-22-28-14-10-9-11-15-28/h9-11,14-15,17,23-25,27,29-30H,12,16,18-20,22H2,1-8H3/b26-17+/t27-,29+/m1/s1. The summed E-state index contributed by atoms with van der Waals surface area (Å²) in [6.07, 6.45) is 4.96. The fraction of sp³-hybridized carbons (Fsp3) is 0.655. The Balaban J connectivity index is 2.75. The molecule has 0 bridgehead atoms. The second-order valence-corrected chi connectivity index (χ2v) is 15.9. The van der Waals surface area contributed by atoms with Crippen LogP contribution in [0.1, 0.15) is 80.2 Å². The second kappa shape index (κ2) is 14.7. The van der Waals surface area contributed by atoms with E-state index in [-0.39, 0.29) is 6.61 Å². The third-order valence-corrected chi connectivity index (χ3v) is 13.6. The molecule has 3 heteroatoms. The van der Waals surface area contributed by atoms with Crippen molar-refractivity contribution in [2.45, 2.75) is 97.9 Å². The first-order valence-corrected chi connectivity index (χ1v) is 14.8. The highest BCUT2D eigenvalue weighted by Crippen LogP contribution is 2.40. The number of aliphatic hydroxyl groups is 1. The van der Waals surface area contributed by atoms with E-state index in [0.717, 1.165) is 25.9 Å². The molecule has 0 fully saturated rings. The lowest BCUT2D eigenvalue weighted by Crippen LogP contribution is -2.43. The van der Waals surface area contributed by atoms with Gasteiger partial charge in [0.25, 0.3) is 0 Å². The summed E-state index contributed by atoms with van der Waals surface area (Å²) < 4.78 is 5.94. The number of rotatable bonds is 13. The highest BCUT2D eigenvalue weighted by atomic mass is 28.3. The molecule has 32 heavy (non-hydrogen) atoms. The molecule has 1 N–H and O–H groups in total. The average molecular weight is 457 g/mol. The summed E-state index contributed by atoms with van der Waals surface area (Å²) in [5.41, 5.74) is 8.37. The van der Waals surface area contributed by atoms with E-state index < -0.39 is 8.07 Å². The molecule has 0 spiro atoms. The molecule has 0 amide bonds. The molecule has 1 aromatic carbocycles. The molecule has 1 rings (SSSR count). The van der Waals surface area contributed by atoms with Crippen molar-refractivity contribution in [3.63, 3.8) is 0 Å². The smallest absolute Gasteiger partial charge is 0.145 e. The molecule has 180 valence electrons.